The van der Waals surface area contributed by atoms with E-state index in [2.05, 4.69) is 4.99 Å². The van der Waals surface area contributed by atoms with Crippen LogP contribution in [0.5, 0.6) is 5.75 Å². The van der Waals surface area contributed by atoms with Crippen LogP contribution < -0.4 is 4.74 Å². The van der Waals surface area contributed by atoms with Gasteiger partial charge in [0.15, 0.2) is 0 Å². The van der Waals surface area contributed by atoms with Gasteiger partial charge in [-0.2, -0.15) is 0 Å². The molecule has 0 fully saturated rings. The van der Waals surface area contributed by atoms with Crippen LogP contribution in [0.25, 0.3) is 0 Å². The van der Waals surface area contributed by atoms with Crippen molar-refractivity contribution in [1.82, 2.24) is 0 Å². The Morgan fingerprint density at radius 3 is 2.77 bits per heavy atom. The van der Waals surface area contributed by atoms with Crippen LogP contribution in [0.1, 0.15) is 29.2 Å². The third kappa shape index (κ3) is 3.16. The standard InChI is InChI=1S/C18H18ClNO2/c19-11-16(21)14-8-9-17(18-15(14)7-4-10-20-18)22-12-13-5-2-1-3-6-13/h1-3,5-6,8-10,16,21H,4,7,11-12H2/t16-/m0/s1. The van der Waals surface area contributed by atoms with Gasteiger partial charge in [-0.05, 0) is 35.6 Å². The van der Waals surface area contributed by atoms with Crippen molar-refractivity contribution in [1.29, 1.82) is 0 Å². The fourth-order valence-electron chi connectivity index (χ4n) is 2.65. The highest BCUT2D eigenvalue weighted by molar-refractivity contribution is 6.18. The SMILES string of the molecule is O[C@@H](CCl)c1ccc(OCc2ccccc2)c2c1CCC=N2. The summed E-state index contributed by atoms with van der Waals surface area (Å²) in [7, 11) is 0. The van der Waals surface area contributed by atoms with Crippen molar-refractivity contribution in [2.75, 3.05) is 5.88 Å². The normalized spacial score (nSPS) is 14.5. The predicted octanol–water partition coefficient (Wildman–Crippen LogP) is 4.19. The number of benzene rings is 2. The summed E-state index contributed by atoms with van der Waals surface area (Å²) in [5.74, 6) is 0.931. The first-order chi connectivity index (χ1) is 10.8. The maximum Gasteiger partial charge on any atom is 0.145 e. The van der Waals surface area contributed by atoms with Gasteiger partial charge in [-0.1, -0.05) is 36.4 Å². The number of rotatable bonds is 5. The third-order valence-corrected chi connectivity index (χ3v) is 4.06. The summed E-state index contributed by atoms with van der Waals surface area (Å²) in [4.78, 5) is 4.48. The van der Waals surface area contributed by atoms with Crippen LogP contribution in [0.4, 0.5) is 5.69 Å². The van der Waals surface area contributed by atoms with Crippen molar-refractivity contribution in [3.63, 3.8) is 0 Å². The van der Waals surface area contributed by atoms with Gasteiger partial charge in [-0.15, -0.1) is 11.6 Å². The van der Waals surface area contributed by atoms with E-state index in [1.807, 2.05) is 48.7 Å². The summed E-state index contributed by atoms with van der Waals surface area (Å²) in [6.07, 6.45) is 2.96. The molecular weight excluding hydrogens is 298 g/mol. The van der Waals surface area contributed by atoms with Gasteiger partial charge in [-0.3, -0.25) is 4.99 Å². The molecule has 2 aromatic carbocycles. The zero-order valence-corrected chi connectivity index (χ0v) is 13.0. The van der Waals surface area contributed by atoms with Gasteiger partial charge in [0.1, 0.15) is 18.0 Å². The Hall–Kier alpha value is -1.84. The van der Waals surface area contributed by atoms with E-state index in [-0.39, 0.29) is 5.88 Å². The summed E-state index contributed by atoms with van der Waals surface area (Å²) in [6.45, 7) is 0.500. The van der Waals surface area contributed by atoms with Crippen LogP contribution in [-0.4, -0.2) is 17.2 Å². The van der Waals surface area contributed by atoms with Gasteiger partial charge in [0, 0.05) is 6.21 Å². The van der Waals surface area contributed by atoms with Gasteiger partial charge in [0.05, 0.1) is 12.0 Å². The van der Waals surface area contributed by atoms with Crippen LogP contribution in [0.15, 0.2) is 47.5 Å². The van der Waals surface area contributed by atoms with Crippen molar-refractivity contribution in [2.24, 2.45) is 4.99 Å². The fraction of sp³-hybridized carbons (Fsp3) is 0.278. The average Bonchev–Trinajstić information content (AvgIpc) is 2.60. The number of aliphatic hydroxyl groups is 1. The van der Waals surface area contributed by atoms with E-state index in [9.17, 15) is 5.11 Å². The van der Waals surface area contributed by atoms with E-state index in [4.69, 9.17) is 16.3 Å². The van der Waals surface area contributed by atoms with Gasteiger partial charge in [-0.25, -0.2) is 0 Å². The zero-order valence-electron chi connectivity index (χ0n) is 12.2. The smallest absolute Gasteiger partial charge is 0.145 e. The van der Waals surface area contributed by atoms with E-state index in [1.165, 1.54) is 0 Å². The second-order valence-corrected chi connectivity index (χ2v) is 5.58. The molecule has 0 saturated carbocycles. The van der Waals surface area contributed by atoms with Crippen molar-refractivity contribution in [2.45, 2.75) is 25.6 Å². The van der Waals surface area contributed by atoms with Crippen molar-refractivity contribution in [3.8, 4) is 5.75 Å². The monoisotopic (exact) mass is 315 g/mol. The highest BCUT2D eigenvalue weighted by Gasteiger charge is 2.20. The molecule has 0 spiro atoms. The molecule has 114 valence electrons. The van der Waals surface area contributed by atoms with Gasteiger partial charge in [0.25, 0.3) is 0 Å². The van der Waals surface area contributed by atoms with Crippen molar-refractivity contribution < 1.29 is 9.84 Å². The Balaban J connectivity index is 1.88. The lowest BCUT2D eigenvalue weighted by molar-refractivity contribution is 0.201. The summed E-state index contributed by atoms with van der Waals surface area (Å²) in [5, 5.41) is 10.1. The molecule has 0 amide bonds. The molecule has 1 atom stereocenters. The number of hydrogen-bond donors (Lipinski definition) is 1. The lowest BCUT2D eigenvalue weighted by atomic mass is 9.95. The van der Waals surface area contributed by atoms with E-state index >= 15 is 0 Å². The molecule has 0 aromatic heterocycles. The summed E-state index contributed by atoms with van der Waals surface area (Å²) < 4.78 is 5.93. The Bertz CT molecular complexity index is 670. The summed E-state index contributed by atoms with van der Waals surface area (Å²) in [5.41, 5.74) is 3.83. The van der Waals surface area contributed by atoms with Gasteiger partial charge >= 0.3 is 0 Å². The molecule has 1 heterocycles. The Kier molecular flexibility index (Phi) is 4.76. The Morgan fingerprint density at radius 1 is 1.18 bits per heavy atom. The number of alkyl halides is 1. The summed E-state index contributed by atoms with van der Waals surface area (Å²) in [6, 6.07) is 13.8. The molecule has 3 nitrogen and oxygen atoms in total. The van der Waals surface area contributed by atoms with Crippen molar-refractivity contribution in [3.05, 3.63) is 59.2 Å². The number of halogens is 1. The second-order valence-electron chi connectivity index (χ2n) is 5.27. The average molecular weight is 316 g/mol. The second kappa shape index (κ2) is 6.95. The molecule has 2 aromatic rings. The molecule has 4 heteroatoms. The van der Waals surface area contributed by atoms with Crippen LogP contribution in [0.2, 0.25) is 0 Å². The number of fused-ring (bicyclic) bond motifs is 1. The number of ether oxygens (including phenoxy) is 1. The quantitative estimate of drug-likeness (QED) is 0.841. The maximum absolute atomic E-state index is 10.1. The van der Waals surface area contributed by atoms with Crippen LogP contribution in [0.3, 0.4) is 0 Å². The molecule has 3 rings (SSSR count). The third-order valence-electron chi connectivity index (χ3n) is 3.77. The van der Waals surface area contributed by atoms with Gasteiger partial charge in [0.2, 0.25) is 0 Å². The largest absolute Gasteiger partial charge is 0.487 e. The van der Waals surface area contributed by atoms with E-state index in [0.29, 0.717) is 6.61 Å². The molecule has 0 aliphatic carbocycles. The Morgan fingerprint density at radius 2 is 2.00 bits per heavy atom. The number of nitrogens with zero attached hydrogens (tertiary/aromatic N) is 1. The fourth-order valence-corrected chi connectivity index (χ4v) is 2.81. The van der Waals surface area contributed by atoms with Crippen LogP contribution in [0, 0.1) is 0 Å². The molecule has 1 aliphatic heterocycles. The molecule has 0 unspecified atom stereocenters. The van der Waals surface area contributed by atoms with E-state index in [1.54, 1.807) is 0 Å². The molecule has 0 saturated heterocycles. The topological polar surface area (TPSA) is 41.8 Å². The van der Waals surface area contributed by atoms with E-state index in [0.717, 1.165) is 41.0 Å². The molecule has 0 radical (unpaired) electrons. The first-order valence-corrected chi connectivity index (χ1v) is 7.92. The minimum Gasteiger partial charge on any atom is -0.487 e. The minimum atomic E-state index is -0.660. The lowest BCUT2D eigenvalue weighted by Crippen LogP contribution is -2.07. The lowest BCUT2D eigenvalue weighted by Gasteiger charge is -2.20. The maximum atomic E-state index is 10.1. The van der Waals surface area contributed by atoms with Crippen LogP contribution >= 0.6 is 11.6 Å². The first-order valence-electron chi connectivity index (χ1n) is 7.38. The molecule has 1 aliphatic rings. The summed E-state index contributed by atoms with van der Waals surface area (Å²) >= 11 is 5.79. The van der Waals surface area contributed by atoms with E-state index < -0.39 is 6.10 Å². The minimum absolute atomic E-state index is 0.181. The number of hydrogen-bond acceptors (Lipinski definition) is 3. The molecule has 0 bridgehead atoms. The zero-order chi connectivity index (χ0) is 15.4. The molecular formula is C18H18ClNO2. The first kappa shape index (κ1) is 15.1. The number of aliphatic hydroxyl groups excluding tert-OH is 1. The predicted molar refractivity (Wildman–Crippen MR) is 89.4 cm³/mol. The highest BCUT2D eigenvalue weighted by atomic mass is 35.5. The molecule has 22 heavy (non-hydrogen) atoms. The Labute approximate surface area is 135 Å². The van der Waals surface area contributed by atoms with Crippen molar-refractivity contribution >= 4 is 23.5 Å². The van der Waals surface area contributed by atoms with Crippen LogP contribution in [-0.2, 0) is 13.0 Å². The van der Waals surface area contributed by atoms with Gasteiger partial charge < -0.3 is 9.84 Å². The molecule has 1 N–H and O–H groups in total. The highest BCUT2D eigenvalue weighted by Crippen LogP contribution is 2.39. The number of aliphatic imine (C=N–C) groups is 1.